The number of hydrogen-bond donors (Lipinski definition) is 0. The number of alkyl halides is 1. The molecular weight excluding hydrogens is 289 g/mol. The van der Waals surface area contributed by atoms with E-state index in [2.05, 4.69) is 15.9 Å². The Balaban J connectivity index is 2.11. The van der Waals surface area contributed by atoms with Crippen LogP contribution in [0.4, 0.5) is 0 Å². The second-order valence-electron chi connectivity index (χ2n) is 3.95. The quantitative estimate of drug-likeness (QED) is 0.729. The molecule has 1 aromatic rings. The van der Waals surface area contributed by atoms with Gasteiger partial charge in [0.25, 0.3) is 5.91 Å². The van der Waals surface area contributed by atoms with Gasteiger partial charge in [-0.25, -0.2) is 0 Å². The summed E-state index contributed by atoms with van der Waals surface area (Å²) in [5, 5.41) is 0.536. The third-order valence-corrected chi connectivity index (χ3v) is 4.06. The van der Waals surface area contributed by atoms with E-state index in [-0.39, 0.29) is 5.91 Å². The standard InChI is InChI=1S/C12H13BrClNO/c13-9-5-7-15(8-6-9)12(16)10-3-1-2-4-11(10)14/h1-4,9H,5-8H2. The Morgan fingerprint density at radius 2 is 1.94 bits per heavy atom. The third kappa shape index (κ3) is 2.58. The molecule has 0 aliphatic carbocycles. The van der Waals surface area contributed by atoms with Crippen LogP contribution < -0.4 is 0 Å². The second kappa shape index (κ2) is 5.19. The summed E-state index contributed by atoms with van der Waals surface area (Å²) in [5.74, 6) is 0.0463. The average Bonchev–Trinajstić information content (AvgIpc) is 2.30. The number of halogens is 2. The Morgan fingerprint density at radius 1 is 1.31 bits per heavy atom. The molecule has 0 saturated carbocycles. The molecule has 2 rings (SSSR count). The monoisotopic (exact) mass is 301 g/mol. The predicted octanol–water partition coefficient (Wildman–Crippen LogP) is 3.34. The van der Waals surface area contributed by atoms with Gasteiger partial charge in [-0.1, -0.05) is 39.7 Å². The van der Waals surface area contributed by atoms with Crippen LogP contribution in [0.1, 0.15) is 23.2 Å². The average molecular weight is 303 g/mol. The number of amides is 1. The van der Waals surface area contributed by atoms with Gasteiger partial charge in [0.1, 0.15) is 0 Å². The fourth-order valence-electron chi connectivity index (χ4n) is 1.86. The van der Waals surface area contributed by atoms with Crippen molar-refractivity contribution >= 4 is 33.4 Å². The summed E-state index contributed by atoms with van der Waals surface area (Å²) in [4.78, 5) is 14.6. The van der Waals surface area contributed by atoms with Crippen LogP contribution in [0, 0.1) is 0 Å². The lowest BCUT2D eigenvalue weighted by atomic mass is 10.1. The fraction of sp³-hybridized carbons (Fsp3) is 0.417. The molecule has 1 fully saturated rings. The number of nitrogens with zero attached hydrogens (tertiary/aromatic N) is 1. The van der Waals surface area contributed by atoms with Crippen LogP contribution in [0.25, 0.3) is 0 Å². The molecule has 1 amide bonds. The molecule has 2 nitrogen and oxygen atoms in total. The molecule has 1 aliphatic rings. The highest BCUT2D eigenvalue weighted by Crippen LogP contribution is 2.22. The van der Waals surface area contributed by atoms with Crippen molar-refractivity contribution in [3.05, 3.63) is 34.9 Å². The number of benzene rings is 1. The Hall–Kier alpha value is -0.540. The van der Waals surface area contributed by atoms with E-state index in [1.54, 1.807) is 12.1 Å². The van der Waals surface area contributed by atoms with Crippen LogP contribution in [0.2, 0.25) is 5.02 Å². The smallest absolute Gasteiger partial charge is 0.255 e. The SMILES string of the molecule is O=C(c1ccccc1Cl)N1CCC(Br)CC1. The molecule has 4 heteroatoms. The molecule has 1 heterocycles. The van der Waals surface area contributed by atoms with Crippen molar-refractivity contribution in [3.8, 4) is 0 Å². The third-order valence-electron chi connectivity index (χ3n) is 2.82. The summed E-state index contributed by atoms with van der Waals surface area (Å²) >= 11 is 9.58. The van der Waals surface area contributed by atoms with Gasteiger partial charge in [-0.05, 0) is 25.0 Å². The zero-order chi connectivity index (χ0) is 11.5. The van der Waals surface area contributed by atoms with Crippen LogP contribution in [-0.4, -0.2) is 28.7 Å². The molecule has 0 N–H and O–H groups in total. The first-order valence-electron chi connectivity index (χ1n) is 5.36. The molecule has 16 heavy (non-hydrogen) atoms. The molecule has 1 aromatic carbocycles. The topological polar surface area (TPSA) is 20.3 Å². The number of carbonyl (C=O) groups excluding carboxylic acids is 1. The minimum absolute atomic E-state index is 0.0463. The summed E-state index contributed by atoms with van der Waals surface area (Å²) in [6, 6.07) is 7.22. The van der Waals surface area contributed by atoms with Gasteiger partial charge in [-0.15, -0.1) is 0 Å². The van der Waals surface area contributed by atoms with Gasteiger partial charge in [-0.3, -0.25) is 4.79 Å². The fourth-order valence-corrected chi connectivity index (χ4v) is 2.48. The maximum atomic E-state index is 12.2. The minimum atomic E-state index is 0.0463. The zero-order valence-electron chi connectivity index (χ0n) is 8.83. The predicted molar refractivity (Wildman–Crippen MR) is 69.3 cm³/mol. The Morgan fingerprint density at radius 3 is 2.56 bits per heavy atom. The van der Waals surface area contributed by atoms with Gasteiger partial charge in [0.15, 0.2) is 0 Å². The van der Waals surface area contributed by atoms with Crippen LogP contribution in [-0.2, 0) is 0 Å². The lowest BCUT2D eigenvalue weighted by Gasteiger charge is -2.29. The number of likely N-dealkylation sites (tertiary alicyclic amines) is 1. The van der Waals surface area contributed by atoms with Crippen LogP contribution in [0.5, 0.6) is 0 Å². The highest BCUT2D eigenvalue weighted by Gasteiger charge is 2.23. The molecule has 86 valence electrons. The molecule has 0 spiro atoms. The van der Waals surface area contributed by atoms with Gasteiger partial charge in [0.2, 0.25) is 0 Å². The maximum Gasteiger partial charge on any atom is 0.255 e. The van der Waals surface area contributed by atoms with E-state index in [9.17, 15) is 4.79 Å². The summed E-state index contributed by atoms with van der Waals surface area (Å²) < 4.78 is 0. The van der Waals surface area contributed by atoms with Crippen molar-refractivity contribution in [2.24, 2.45) is 0 Å². The molecule has 0 bridgehead atoms. The van der Waals surface area contributed by atoms with Gasteiger partial charge in [0.05, 0.1) is 10.6 Å². The Kier molecular flexibility index (Phi) is 3.87. The largest absolute Gasteiger partial charge is 0.339 e. The first-order chi connectivity index (χ1) is 7.68. The van der Waals surface area contributed by atoms with E-state index in [0.717, 1.165) is 25.9 Å². The first-order valence-corrected chi connectivity index (χ1v) is 6.65. The Bertz CT molecular complexity index is 388. The summed E-state index contributed by atoms with van der Waals surface area (Å²) in [6.45, 7) is 1.61. The first kappa shape index (κ1) is 11.9. The normalized spacial score (nSPS) is 17.5. The highest BCUT2D eigenvalue weighted by atomic mass is 79.9. The summed E-state index contributed by atoms with van der Waals surface area (Å²) in [5.41, 5.74) is 0.609. The molecule has 0 aromatic heterocycles. The molecule has 1 saturated heterocycles. The summed E-state index contributed by atoms with van der Waals surface area (Å²) in [6.07, 6.45) is 2.02. The lowest BCUT2D eigenvalue weighted by molar-refractivity contribution is 0.0728. The van der Waals surface area contributed by atoms with E-state index >= 15 is 0 Å². The molecular formula is C12H13BrClNO. The van der Waals surface area contributed by atoms with E-state index < -0.39 is 0 Å². The zero-order valence-corrected chi connectivity index (χ0v) is 11.2. The van der Waals surface area contributed by atoms with Crippen LogP contribution in [0.3, 0.4) is 0 Å². The van der Waals surface area contributed by atoms with Gasteiger partial charge in [0, 0.05) is 17.9 Å². The minimum Gasteiger partial charge on any atom is -0.339 e. The van der Waals surface area contributed by atoms with Crippen molar-refractivity contribution in [2.45, 2.75) is 17.7 Å². The maximum absolute atomic E-state index is 12.2. The summed E-state index contributed by atoms with van der Waals surface area (Å²) in [7, 11) is 0. The number of rotatable bonds is 1. The van der Waals surface area contributed by atoms with Crippen molar-refractivity contribution in [1.29, 1.82) is 0 Å². The van der Waals surface area contributed by atoms with E-state index in [1.807, 2.05) is 17.0 Å². The van der Waals surface area contributed by atoms with Crippen molar-refractivity contribution in [1.82, 2.24) is 4.90 Å². The lowest BCUT2D eigenvalue weighted by Crippen LogP contribution is -2.38. The van der Waals surface area contributed by atoms with Crippen LogP contribution in [0.15, 0.2) is 24.3 Å². The Labute approximate surface area is 109 Å². The number of piperidine rings is 1. The van der Waals surface area contributed by atoms with Crippen molar-refractivity contribution < 1.29 is 4.79 Å². The van der Waals surface area contributed by atoms with Crippen molar-refractivity contribution in [3.63, 3.8) is 0 Å². The highest BCUT2D eigenvalue weighted by molar-refractivity contribution is 9.09. The number of carbonyl (C=O) groups is 1. The molecule has 0 radical (unpaired) electrons. The molecule has 0 atom stereocenters. The van der Waals surface area contributed by atoms with Crippen molar-refractivity contribution in [2.75, 3.05) is 13.1 Å². The van der Waals surface area contributed by atoms with Gasteiger partial charge >= 0.3 is 0 Å². The van der Waals surface area contributed by atoms with Crippen LogP contribution >= 0.6 is 27.5 Å². The molecule has 1 aliphatic heterocycles. The second-order valence-corrected chi connectivity index (χ2v) is 5.65. The van der Waals surface area contributed by atoms with Gasteiger partial charge in [-0.2, -0.15) is 0 Å². The van der Waals surface area contributed by atoms with E-state index in [1.165, 1.54) is 0 Å². The number of hydrogen-bond acceptors (Lipinski definition) is 1. The van der Waals surface area contributed by atoms with E-state index in [4.69, 9.17) is 11.6 Å². The van der Waals surface area contributed by atoms with E-state index in [0.29, 0.717) is 15.4 Å². The molecule has 0 unspecified atom stereocenters. The van der Waals surface area contributed by atoms with Gasteiger partial charge < -0.3 is 4.90 Å².